The van der Waals surface area contributed by atoms with Gasteiger partial charge in [0.25, 0.3) is 0 Å². The molecule has 0 spiro atoms. The Balaban J connectivity index is 2.42. The molecule has 0 saturated heterocycles. The van der Waals surface area contributed by atoms with Crippen molar-refractivity contribution in [2.75, 3.05) is 0 Å². The molecule has 4 nitrogen and oxygen atoms in total. The molecule has 76 valence electrons. The minimum Gasteiger partial charge on any atom is -0.177 e. The van der Waals surface area contributed by atoms with Crippen molar-refractivity contribution in [2.45, 2.75) is 33.6 Å². The molecule has 1 aromatic rings. The lowest BCUT2D eigenvalue weighted by Gasteiger charge is -1.96. The second-order valence-electron chi connectivity index (χ2n) is 3.58. The van der Waals surface area contributed by atoms with Crippen LogP contribution in [0.1, 0.15) is 39.4 Å². The van der Waals surface area contributed by atoms with E-state index in [4.69, 9.17) is 0 Å². The molecule has 0 atom stereocenters. The molecule has 0 amide bonds. The van der Waals surface area contributed by atoms with E-state index in [-0.39, 0.29) is 0 Å². The maximum Gasteiger partial charge on any atom is 0.197 e. The van der Waals surface area contributed by atoms with E-state index < -0.39 is 0 Å². The van der Waals surface area contributed by atoms with Crippen LogP contribution in [-0.4, -0.2) is 20.6 Å². The molecule has 0 saturated carbocycles. The molecule has 0 unspecified atom stereocenters. The zero-order chi connectivity index (χ0) is 10.4. The standard InChI is InChI=1S/C10H16N4/c1-8(2)5-4-6-9(3)7-10-11-13-14-12-10/h5,7H,4,6H2,1-3H3,(H,11,12,13,14)/b9-7+. The number of aromatic nitrogens is 4. The maximum absolute atomic E-state index is 3.86. The number of aromatic amines is 1. The maximum atomic E-state index is 3.86. The van der Waals surface area contributed by atoms with E-state index in [1.165, 1.54) is 11.1 Å². The van der Waals surface area contributed by atoms with Gasteiger partial charge in [-0.2, -0.15) is 5.21 Å². The van der Waals surface area contributed by atoms with Crippen molar-refractivity contribution in [2.24, 2.45) is 0 Å². The third-order valence-electron chi connectivity index (χ3n) is 1.83. The van der Waals surface area contributed by atoms with Crippen molar-refractivity contribution in [3.63, 3.8) is 0 Å². The highest BCUT2D eigenvalue weighted by molar-refractivity contribution is 5.42. The summed E-state index contributed by atoms with van der Waals surface area (Å²) >= 11 is 0. The van der Waals surface area contributed by atoms with Gasteiger partial charge in [-0.25, -0.2) is 0 Å². The molecule has 4 heteroatoms. The van der Waals surface area contributed by atoms with Gasteiger partial charge in [0.1, 0.15) is 0 Å². The first kappa shape index (κ1) is 10.6. The fraction of sp³-hybridized carbons (Fsp3) is 0.500. The first-order chi connectivity index (χ1) is 6.68. The van der Waals surface area contributed by atoms with Crippen LogP contribution in [0.25, 0.3) is 6.08 Å². The molecule has 0 aliphatic heterocycles. The molecular formula is C10H16N4. The normalized spacial score (nSPS) is 11.5. The Bertz CT molecular complexity index is 318. The van der Waals surface area contributed by atoms with Crippen LogP contribution in [0.5, 0.6) is 0 Å². The summed E-state index contributed by atoms with van der Waals surface area (Å²) in [5, 5.41) is 13.6. The number of H-pyrrole nitrogens is 1. The summed E-state index contributed by atoms with van der Waals surface area (Å²) in [4.78, 5) is 0. The molecule has 0 radical (unpaired) electrons. The summed E-state index contributed by atoms with van der Waals surface area (Å²) in [6.45, 7) is 6.30. The third kappa shape index (κ3) is 3.98. The lowest BCUT2D eigenvalue weighted by atomic mass is 10.1. The Labute approximate surface area is 84.1 Å². The predicted molar refractivity (Wildman–Crippen MR) is 56.5 cm³/mol. The zero-order valence-electron chi connectivity index (χ0n) is 8.91. The monoisotopic (exact) mass is 192 g/mol. The predicted octanol–water partition coefficient (Wildman–Crippen LogP) is 2.35. The van der Waals surface area contributed by atoms with Crippen LogP contribution in [0.4, 0.5) is 0 Å². The van der Waals surface area contributed by atoms with Gasteiger partial charge in [0.05, 0.1) is 0 Å². The molecule has 1 N–H and O–H groups in total. The van der Waals surface area contributed by atoms with E-state index in [9.17, 15) is 0 Å². The fourth-order valence-corrected chi connectivity index (χ4v) is 1.11. The van der Waals surface area contributed by atoms with E-state index in [1.807, 2.05) is 6.08 Å². The molecule has 1 heterocycles. The van der Waals surface area contributed by atoms with E-state index in [0.717, 1.165) is 12.8 Å². The number of hydrogen-bond donors (Lipinski definition) is 1. The average Bonchev–Trinajstić information content (AvgIpc) is 2.56. The van der Waals surface area contributed by atoms with E-state index >= 15 is 0 Å². The van der Waals surface area contributed by atoms with Gasteiger partial charge < -0.3 is 0 Å². The first-order valence-corrected chi connectivity index (χ1v) is 4.72. The molecule has 0 fully saturated rings. The summed E-state index contributed by atoms with van der Waals surface area (Å²) in [6, 6.07) is 0. The lowest BCUT2D eigenvalue weighted by molar-refractivity contribution is 0.881. The van der Waals surface area contributed by atoms with Crippen molar-refractivity contribution >= 4 is 6.08 Å². The molecule has 1 aromatic heterocycles. The zero-order valence-corrected chi connectivity index (χ0v) is 8.91. The summed E-state index contributed by atoms with van der Waals surface area (Å²) in [5.41, 5.74) is 2.63. The molecular weight excluding hydrogens is 176 g/mol. The number of nitrogens with zero attached hydrogens (tertiary/aromatic N) is 3. The smallest absolute Gasteiger partial charge is 0.177 e. The van der Waals surface area contributed by atoms with Gasteiger partial charge in [0, 0.05) is 0 Å². The lowest BCUT2D eigenvalue weighted by Crippen LogP contribution is -1.81. The van der Waals surface area contributed by atoms with Gasteiger partial charge in [0.15, 0.2) is 5.82 Å². The SMILES string of the molecule is CC(C)=CCC/C(C)=C/c1nn[nH]n1. The average molecular weight is 192 g/mol. The summed E-state index contributed by atoms with van der Waals surface area (Å²) in [5.74, 6) is 0.653. The van der Waals surface area contributed by atoms with Crippen LogP contribution >= 0.6 is 0 Å². The molecule has 0 aliphatic carbocycles. The second-order valence-corrected chi connectivity index (χ2v) is 3.58. The van der Waals surface area contributed by atoms with Gasteiger partial charge in [-0.1, -0.05) is 17.2 Å². The quantitative estimate of drug-likeness (QED) is 0.745. The molecule has 0 bridgehead atoms. The number of hydrogen-bond acceptors (Lipinski definition) is 3. The van der Waals surface area contributed by atoms with Crippen LogP contribution in [0.3, 0.4) is 0 Å². The van der Waals surface area contributed by atoms with Crippen molar-refractivity contribution < 1.29 is 0 Å². The fourth-order valence-electron chi connectivity index (χ4n) is 1.11. The van der Waals surface area contributed by atoms with Gasteiger partial charge in [-0.15, -0.1) is 10.2 Å². The number of nitrogens with one attached hydrogen (secondary N) is 1. The number of allylic oxidation sites excluding steroid dienone is 3. The van der Waals surface area contributed by atoms with Crippen LogP contribution < -0.4 is 0 Å². The number of tetrazole rings is 1. The molecule has 0 aromatic carbocycles. The Morgan fingerprint density at radius 2 is 2.14 bits per heavy atom. The van der Waals surface area contributed by atoms with Gasteiger partial charge in [0.2, 0.25) is 0 Å². The molecule has 0 aliphatic rings. The summed E-state index contributed by atoms with van der Waals surface area (Å²) in [6.07, 6.45) is 6.29. The van der Waals surface area contributed by atoms with E-state index in [2.05, 4.69) is 47.5 Å². The van der Waals surface area contributed by atoms with Crippen molar-refractivity contribution in [3.05, 3.63) is 23.0 Å². The highest BCUT2D eigenvalue weighted by Gasteiger charge is 1.94. The van der Waals surface area contributed by atoms with Gasteiger partial charge in [-0.3, -0.25) is 0 Å². The van der Waals surface area contributed by atoms with Crippen molar-refractivity contribution in [1.82, 2.24) is 20.6 Å². The van der Waals surface area contributed by atoms with Crippen LogP contribution in [0, 0.1) is 0 Å². The molecule has 1 rings (SSSR count). The van der Waals surface area contributed by atoms with Crippen molar-refractivity contribution in [1.29, 1.82) is 0 Å². The minimum atomic E-state index is 0.653. The Kier molecular flexibility index (Phi) is 4.04. The minimum absolute atomic E-state index is 0.653. The Morgan fingerprint density at radius 1 is 1.36 bits per heavy atom. The van der Waals surface area contributed by atoms with Crippen molar-refractivity contribution in [3.8, 4) is 0 Å². The van der Waals surface area contributed by atoms with Crippen LogP contribution in [-0.2, 0) is 0 Å². The topological polar surface area (TPSA) is 54.5 Å². The van der Waals surface area contributed by atoms with Gasteiger partial charge in [-0.05, 0) is 44.9 Å². The van der Waals surface area contributed by atoms with E-state index in [0.29, 0.717) is 5.82 Å². The van der Waals surface area contributed by atoms with E-state index in [1.54, 1.807) is 0 Å². The highest BCUT2D eigenvalue weighted by Crippen LogP contribution is 2.08. The first-order valence-electron chi connectivity index (χ1n) is 4.72. The van der Waals surface area contributed by atoms with Gasteiger partial charge >= 0.3 is 0 Å². The molecule has 14 heavy (non-hydrogen) atoms. The summed E-state index contributed by atoms with van der Waals surface area (Å²) in [7, 11) is 0. The van der Waals surface area contributed by atoms with Crippen LogP contribution in [0.15, 0.2) is 17.2 Å². The Morgan fingerprint density at radius 3 is 2.71 bits per heavy atom. The largest absolute Gasteiger partial charge is 0.197 e. The third-order valence-corrected chi connectivity index (χ3v) is 1.83. The Hall–Kier alpha value is -1.45. The highest BCUT2D eigenvalue weighted by atomic mass is 15.5. The second kappa shape index (κ2) is 5.32. The van der Waals surface area contributed by atoms with Crippen LogP contribution in [0.2, 0.25) is 0 Å². The summed E-state index contributed by atoms with van der Waals surface area (Å²) < 4.78 is 0. The number of rotatable bonds is 4.